The maximum Gasteiger partial charge on any atom is 0.416 e. The van der Waals surface area contributed by atoms with Crippen molar-refractivity contribution < 1.29 is 19.1 Å². The zero-order chi connectivity index (χ0) is 23.6. The van der Waals surface area contributed by atoms with Crippen molar-refractivity contribution in [2.45, 2.75) is 45.8 Å². The van der Waals surface area contributed by atoms with Crippen LogP contribution in [0, 0.1) is 0 Å². The lowest BCUT2D eigenvalue weighted by Gasteiger charge is -2.34. The Hall–Kier alpha value is -3.74. The van der Waals surface area contributed by atoms with Crippen molar-refractivity contribution in [2.75, 3.05) is 11.4 Å². The third kappa shape index (κ3) is 5.03. The zero-order valence-corrected chi connectivity index (χ0v) is 19.2. The average molecular weight is 446 g/mol. The first-order valence-electron chi connectivity index (χ1n) is 10.9. The van der Waals surface area contributed by atoms with Gasteiger partial charge in [-0.3, -0.25) is 9.69 Å². The van der Waals surface area contributed by atoms with E-state index in [4.69, 9.17) is 19.4 Å². The number of hydrogen-bond acceptors (Lipinski definition) is 6. The Balaban J connectivity index is 1.92. The number of anilines is 1. The highest BCUT2D eigenvalue weighted by atomic mass is 16.6. The van der Waals surface area contributed by atoms with E-state index in [9.17, 15) is 9.59 Å². The van der Waals surface area contributed by atoms with Gasteiger partial charge in [-0.25, -0.2) is 14.8 Å². The second kappa shape index (κ2) is 9.02. The summed E-state index contributed by atoms with van der Waals surface area (Å²) in [5.41, 5.74) is 2.82. The van der Waals surface area contributed by atoms with Gasteiger partial charge in [-0.05, 0) is 20.8 Å². The molecule has 0 radical (unpaired) electrons. The van der Waals surface area contributed by atoms with Crippen LogP contribution in [0.15, 0.2) is 60.7 Å². The minimum Gasteiger partial charge on any atom is -0.456 e. The first-order valence-corrected chi connectivity index (χ1v) is 10.9. The molecule has 4 rings (SSSR count). The fourth-order valence-corrected chi connectivity index (χ4v) is 3.75. The second-order valence-electron chi connectivity index (χ2n) is 8.88. The molecule has 7 nitrogen and oxygen atoms in total. The van der Waals surface area contributed by atoms with E-state index < -0.39 is 23.8 Å². The summed E-state index contributed by atoms with van der Waals surface area (Å²) < 4.78 is 11.2. The fraction of sp³-hybridized carbons (Fsp3) is 0.308. The van der Waals surface area contributed by atoms with Gasteiger partial charge in [0.15, 0.2) is 5.82 Å². The van der Waals surface area contributed by atoms with E-state index in [1.54, 1.807) is 0 Å². The van der Waals surface area contributed by atoms with Gasteiger partial charge in [0.05, 0.1) is 11.4 Å². The van der Waals surface area contributed by atoms with E-state index in [1.165, 1.54) is 11.8 Å². The molecule has 1 atom stereocenters. The molecule has 1 aliphatic heterocycles. The molecular weight excluding hydrogens is 418 g/mol. The average Bonchev–Trinajstić information content (AvgIpc) is 2.78. The summed E-state index contributed by atoms with van der Waals surface area (Å²) in [6.07, 6.45) is -0.707. The third-order valence-electron chi connectivity index (χ3n) is 5.10. The number of carbonyl (C=O) groups is 2. The summed E-state index contributed by atoms with van der Waals surface area (Å²) in [4.78, 5) is 36.2. The van der Waals surface area contributed by atoms with Gasteiger partial charge in [-0.1, -0.05) is 60.7 Å². The van der Waals surface area contributed by atoms with E-state index in [0.717, 1.165) is 11.1 Å². The van der Waals surface area contributed by atoms with Crippen molar-refractivity contribution in [3.8, 4) is 22.5 Å². The Morgan fingerprint density at radius 1 is 0.909 bits per heavy atom. The molecule has 0 aliphatic carbocycles. The van der Waals surface area contributed by atoms with Crippen molar-refractivity contribution in [1.82, 2.24) is 9.97 Å². The molecule has 1 aliphatic rings. The van der Waals surface area contributed by atoms with Crippen LogP contribution in [-0.4, -0.2) is 34.2 Å². The molecule has 0 saturated carbocycles. The standard InChI is InChI=1S/C26H27N3O4/c1-17(30)32-20-15-16-29(25(31)33-26(2,3)4)24-23(20)27-21(18-11-7-5-8-12-18)22(28-24)19-13-9-6-10-14-19/h5-14,20H,15-16H2,1-4H3/t20-/m0/s1. The van der Waals surface area contributed by atoms with E-state index in [1.807, 2.05) is 81.4 Å². The number of esters is 1. The van der Waals surface area contributed by atoms with Gasteiger partial charge in [-0.15, -0.1) is 0 Å². The lowest BCUT2D eigenvalue weighted by atomic mass is 10.0. The quantitative estimate of drug-likeness (QED) is 0.491. The monoisotopic (exact) mass is 445 g/mol. The van der Waals surface area contributed by atoms with Crippen LogP contribution < -0.4 is 4.90 Å². The van der Waals surface area contributed by atoms with Gasteiger partial charge in [0.2, 0.25) is 0 Å². The van der Waals surface area contributed by atoms with Crippen LogP contribution in [0.4, 0.5) is 10.6 Å². The van der Waals surface area contributed by atoms with Crippen LogP contribution in [-0.2, 0) is 14.3 Å². The van der Waals surface area contributed by atoms with Crippen molar-refractivity contribution in [3.63, 3.8) is 0 Å². The third-order valence-corrected chi connectivity index (χ3v) is 5.10. The maximum atomic E-state index is 13.0. The highest BCUT2D eigenvalue weighted by molar-refractivity contribution is 5.90. The Kier molecular flexibility index (Phi) is 6.14. The van der Waals surface area contributed by atoms with Crippen LogP contribution in [0.5, 0.6) is 0 Å². The van der Waals surface area contributed by atoms with Crippen LogP contribution in [0.25, 0.3) is 22.5 Å². The molecule has 1 aromatic heterocycles. The van der Waals surface area contributed by atoms with Crippen LogP contribution >= 0.6 is 0 Å². The Morgan fingerprint density at radius 3 is 1.97 bits per heavy atom. The Labute approximate surface area is 193 Å². The SMILES string of the molecule is CC(=O)O[C@H]1CCN(C(=O)OC(C)(C)C)c2nc(-c3ccccc3)c(-c3ccccc3)nc21. The molecule has 0 fully saturated rings. The van der Waals surface area contributed by atoms with Crippen molar-refractivity contribution in [1.29, 1.82) is 0 Å². The minimum atomic E-state index is -0.663. The molecule has 3 aromatic rings. The van der Waals surface area contributed by atoms with Gasteiger partial charge in [-0.2, -0.15) is 0 Å². The lowest BCUT2D eigenvalue weighted by Crippen LogP contribution is -2.42. The first kappa shape index (κ1) is 22.5. The number of fused-ring (bicyclic) bond motifs is 1. The molecule has 2 heterocycles. The van der Waals surface area contributed by atoms with Gasteiger partial charge in [0, 0.05) is 31.0 Å². The zero-order valence-electron chi connectivity index (χ0n) is 19.2. The molecule has 7 heteroatoms. The summed E-state index contributed by atoms with van der Waals surface area (Å²) in [5, 5.41) is 0. The molecule has 170 valence electrons. The molecule has 0 N–H and O–H groups in total. The summed E-state index contributed by atoms with van der Waals surface area (Å²) in [5.74, 6) is -0.0628. The predicted octanol–water partition coefficient (Wildman–Crippen LogP) is 5.56. The smallest absolute Gasteiger partial charge is 0.416 e. The number of rotatable bonds is 3. The summed E-state index contributed by atoms with van der Waals surface area (Å²) in [6, 6.07) is 19.4. The molecule has 33 heavy (non-hydrogen) atoms. The number of nitrogens with zero attached hydrogens (tertiary/aromatic N) is 3. The van der Waals surface area contributed by atoms with Crippen molar-refractivity contribution >= 4 is 17.9 Å². The number of hydrogen-bond donors (Lipinski definition) is 0. The number of aromatic nitrogens is 2. The normalized spacial score (nSPS) is 15.5. The molecule has 0 unspecified atom stereocenters. The van der Waals surface area contributed by atoms with Crippen LogP contribution in [0.3, 0.4) is 0 Å². The minimum absolute atomic E-state index is 0.299. The highest BCUT2D eigenvalue weighted by Crippen LogP contribution is 2.39. The number of amides is 1. The molecule has 0 bridgehead atoms. The van der Waals surface area contributed by atoms with E-state index >= 15 is 0 Å². The van der Waals surface area contributed by atoms with Crippen molar-refractivity contribution in [2.24, 2.45) is 0 Å². The van der Waals surface area contributed by atoms with Crippen LogP contribution in [0.2, 0.25) is 0 Å². The van der Waals surface area contributed by atoms with Gasteiger partial charge >= 0.3 is 12.1 Å². The Bertz CT molecular complexity index is 1160. The molecule has 0 saturated heterocycles. The van der Waals surface area contributed by atoms with Gasteiger partial charge in [0.25, 0.3) is 0 Å². The fourth-order valence-electron chi connectivity index (χ4n) is 3.75. The van der Waals surface area contributed by atoms with Crippen LogP contribution in [0.1, 0.15) is 45.9 Å². The Morgan fingerprint density at radius 2 is 1.45 bits per heavy atom. The topological polar surface area (TPSA) is 81.6 Å². The van der Waals surface area contributed by atoms with E-state index in [2.05, 4.69) is 0 Å². The highest BCUT2D eigenvalue weighted by Gasteiger charge is 2.36. The second-order valence-corrected chi connectivity index (χ2v) is 8.88. The van der Waals surface area contributed by atoms with E-state index in [0.29, 0.717) is 35.9 Å². The summed E-state index contributed by atoms with van der Waals surface area (Å²) in [6.45, 7) is 7.11. The number of carbonyl (C=O) groups excluding carboxylic acids is 2. The van der Waals surface area contributed by atoms with Crippen molar-refractivity contribution in [3.05, 3.63) is 66.4 Å². The van der Waals surface area contributed by atoms with E-state index in [-0.39, 0.29) is 0 Å². The van der Waals surface area contributed by atoms with Gasteiger partial charge in [0.1, 0.15) is 17.4 Å². The maximum absolute atomic E-state index is 13.0. The first-order chi connectivity index (χ1) is 15.7. The summed E-state index contributed by atoms with van der Waals surface area (Å²) in [7, 11) is 0. The molecule has 2 aromatic carbocycles. The largest absolute Gasteiger partial charge is 0.456 e. The lowest BCUT2D eigenvalue weighted by molar-refractivity contribution is -0.147. The number of benzene rings is 2. The number of ether oxygens (including phenoxy) is 2. The predicted molar refractivity (Wildman–Crippen MR) is 126 cm³/mol. The molecular formula is C26H27N3O4. The van der Waals surface area contributed by atoms with Gasteiger partial charge < -0.3 is 9.47 Å². The summed E-state index contributed by atoms with van der Waals surface area (Å²) >= 11 is 0. The molecule has 1 amide bonds. The molecule has 0 spiro atoms.